The molecule has 0 aromatic heterocycles. The van der Waals surface area contributed by atoms with Crippen LogP contribution >= 0.6 is 0 Å². The average molecular weight is 453 g/mol. The summed E-state index contributed by atoms with van der Waals surface area (Å²) in [5, 5.41) is 0. The van der Waals surface area contributed by atoms with Gasteiger partial charge in [-0.05, 0) is 36.6 Å². The van der Waals surface area contributed by atoms with Gasteiger partial charge in [-0.15, -0.1) is 0 Å². The number of methoxy groups -OCH3 is 1. The smallest absolute Gasteiger partial charge is 0.231 e. The van der Waals surface area contributed by atoms with Crippen LogP contribution in [0.5, 0.6) is 17.2 Å². The Balaban J connectivity index is 1.61. The van der Waals surface area contributed by atoms with Crippen LogP contribution in [-0.4, -0.2) is 49.1 Å². The first-order chi connectivity index (χ1) is 16.0. The van der Waals surface area contributed by atoms with Gasteiger partial charge >= 0.3 is 0 Å². The van der Waals surface area contributed by atoms with Crippen LogP contribution in [0.25, 0.3) is 0 Å². The maximum Gasteiger partial charge on any atom is 0.231 e. The molecule has 2 atom stereocenters. The summed E-state index contributed by atoms with van der Waals surface area (Å²) in [5.74, 6) is 1.92. The lowest BCUT2D eigenvalue weighted by molar-refractivity contribution is -0.147. The third-order valence-electron chi connectivity index (χ3n) is 6.47. The lowest BCUT2D eigenvalue weighted by Crippen LogP contribution is -2.48. The van der Waals surface area contributed by atoms with E-state index in [0.29, 0.717) is 37.4 Å². The SMILES string of the molecule is CCCCN1C(=O)CCC(C(=O)N(C)Cc2ccc3c(c2)OCO3)C1c1ccccc1OC. The molecule has 0 bridgehead atoms. The minimum Gasteiger partial charge on any atom is -0.496 e. The largest absolute Gasteiger partial charge is 0.496 e. The van der Waals surface area contributed by atoms with Gasteiger partial charge in [0.05, 0.1) is 19.1 Å². The molecular weight excluding hydrogens is 420 g/mol. The number of ether oxygens (including phenoxy) is 3. The Labute approximate surface area is 195 Å². The summed E-state index contributed by atoms with van der Waals surface area (Å²) in [7, 11) is 3.45. The molecule has 0 N–H and O–H groups in total. The zero-order chi connectivity index (χ0) is 23.4. The maximum absolute atomic E-state index is 13.7. The zero-order valence-electron chi connectivity index (χ0n) is 19.6. The molecule has 2 aromatic rings. The summed E-state index contributed by atoms with van der Waals surface area (Å²) in [6.45, 7) is 3.41. The van der Waals surface area contributed by atoms with Crippen molar-refractivity contribution < 1.29 is 23.8 Å². The van der Waals surface area contributed by atoms with E-state index in [-0.39, 0.29) is 30.6 Å². The molecular formula is C26H32N2O5. The summed E-state index contributed by atoms with van der Waals surface area (Å²) in [4.78, 5) is 30.3. The fourth-order valence-corrected chi connectivity index (χ4v) is 4.77. The second kappa shape index (κ2) is 10.1. The molecule has 2 aromatic carbocycles. The Morgan fingerprint density at radius 1 is 1.18 bits per heavy atom. The van der Waals surface area contributed by atoms with E-state index in [4.69, 9.17) is 14.2 Å². The topological polar surface area (TPSA) is 68.3 Å². The summed E-state index contributed by atoms with van der Waals surface area (Å²) >= 11 is 0. The van der Waals surface area contributed by atoms with Crippen LogP contribution in [-0.2, 0) is 16.1 Å². The molecule has 0 spiro atoms. The lowest BCUT2D eigenvalue weighted by Gasteiger charge is -2.42. The first-order valence-electron chi connectivity index (χ1n) is 11.6. The molecule has 0 saturated carbocycles. The second-order valence-corrected chi connectivity index (χ2v) is 8.65. The van der Waals surface area contributed by atoms with E-state index < -0.39 is 0 Å². The van der Waals surface area contributed by atoms with Crippen molar-refractivity contribution in [1.29, 1.82) is 0 Å². The standard InChI is InChI=1S/C26H32N2O5/c1-4-5-14-28-24(29)13-11-20(25(28)19-8-6-7-9-21(19)31-3)26(30)27(2)16-18-10-12-22-23(15-18)33-17-32-22/h6-10,12,15,20,25H,4-5,11,13-14,16-17H2,1-3H3. The molecule has 7 nitrogen and oxygen atoms in total. The molecule has 4 rings (SSSR count). The number of amides is 2. The molecule has 33 heavy (non-hydrogen) atoms. The number of para-hydroxylation sites is 1. The van der Waals surface area contributed by atoms with E-state index in [2.05, 4.69) is 6.92 Å². The zero-order valence-corrected chi connectivity index (χ0v) is 19.6. The maximum atomic E-state index is 13.7. The average Bonchev–Trinajstić information content (AvgIpc) is 3.30. The van der Waals surface area contributed by atoms with Gasteiger partial charge < -0.3 is 24.0 Å². The molecule has 2 aliphatic rings. The van der Waals surface area contributed by atoms with Crippen molar-refractivity contribution in [2.75, 3.05) is 27.5 Å². The van der Waals surface area contributed by atoms with Gasteiger partial charge in [0, 0.05) is 32.1 Å². The minimum absolute atomic E-state index is 0.0255. The number of carbonyl (C=O) groups excluding carboxylic acids is 2. The van der Waals surface area contributed by atoms with Gasteiger partial charge in [-0.3, -0.25) is 9.59 Å². The van der Waals surface area contributed by atoms with E-state index in [0.717, 1.165) is 29.7 Å². The van der Waals surface area contributed by atoms with Crippen LogP contribution in [0.1, 0.15) is 49.8 Å². The monoisotopic (exact) mass is 452 g/mol. The second-order valence-electron chi connectivity index (χ2n) is 8.65. The number of likely N-dealkylation sites (tertiary alicyclic amines) is 1. The molecule has 2 aliphatic heterocycles. The van der Waals surface area contributed by atoms with Crippen LogP contribution in [0.4, 0.5) is 0 Å². The highest BCUT2D eigenvalue weighted by Crippen LogP contribution is 2.42. The number of hydrogen-bond acceptors (Lipinski definition) is 5. The number of rotatable bonds is 8. The number of hydrogen-bond donors (Lipinski definition) is 0. The Morgan fingerprint density at radius 2 is 1.97 bits per heavy atom. The Kier molecular flexibility index (Phi) is 7.06. The van der Waals surface area contributed by atoms with Gasteiger partial charge in [-0.25, -0.2) is 0 Å². The first-order valence-corrected chi connectivity index (χ1v) is 11.6. The summed E-state index contributed by atoms with van der Waals surface area (Å²) in [6.07, 6.45) is 2.77. The van der Waals surface area contributed by atoms with E-state index in [1.807, 2.05) is 54.4 Å². The van der Waals surface area contributed by atoms with Crippen LogP contribution in [0.3, 0.4) is 0 Å². The molecule has 2 heterocycles. The van der Waals surface area contributed by atoms with Crippen LogP contribution in [0.15, 0.2) is 42.5 Å². The number of benzene rings is 2. The third-order valence-corrected chi connectivity index (χ3v) is 6.47. The van der Waals surface area contributed by atoms with E-state index >= 15 is 0 Å². The van der Waals surface area contributed by atoms with Crippen molar-refractivity contribution in [2.24, 2.45) is 5.92 Å². The van der Waals surface area contributed by atoms with Gasteiger partial charge in [0.2, 0.25) is 18.6 Å². The summed E-state index contributed by atoms with van der Waals surface area (Å²) in [6, 6.07) is 13.1. The molecule has 2 unspecified atom stereocenters. The number of fused-ring (bicyclic) bond motifs is 1. The van der Waals surface area contributed by atoms with Crippen LogP contribution in [0.2, 0.25) is 0 Å². The highest BCUT2D eigenvalue weighted by Gasteiger charge is 2.42. The van der Waals surface area contributed by atoms with Gasteiger partial charge in [0.25, 0.3) is 0 Å². The number of unbranched alkanes of at least 4 members (excludes halogenated alkanes) is 1. The molecule has 0 radical (unpaired) electrons. The molecule has 2 amide bonds. The Bertz CT molecular complexity index is 1010. The van der Waals surface area contributed by atoms with E-state index in [9.17, 15) is 9.59 Å². The molecule has 7 heteroatoms. The number of nitrogens with zero attached hydrogens (tertiary/aromatic N) is 2. The van der Waals surface area contributed by atoms with Gasteiger partial charge in [0.15, 0.2) is 11.5 Å². The fourth-order valence-electron chi connectivity index (χ4n) is 4.77. The molecule has 0 aliphatic carbocycles. The van der Waals surface area contributed by atoms with E-state index in [1.54, 1.807) is 12.0 Å². The quantitative estimate of drug-likeness (QED) is 0.602. The summed E-state index contributed by atoms with van der Waals surface area (Å²) in [5.41, 5.74) is 1.86. The number of carbonyl (C=O) groups is 2. The van der Waals surface area contributed by atoms with Gasteiger partial charge in [-0.1, -0.05) is 37.6 Å². The van der Waals surface area contributed by atoms with Crippen molar-refractivity contribution in [3.8, 4) is 17.2 Å². The highest BCUT2D eigenvalue weighted by atomic mass is 16.7. The predicted octanol–water partition coefficient (Wildman–Crippen LogP) is 4.16. The van der Waals surface area contributed by atoms with Crippen molar-refractivity contribution in [3.63, 3.8) is 0 Å². The molecule has 176 valence electrons. The van der Waals surface area contributed by atoms with Crippen molar-refractivity contribution in [2.45, 2.75) is 45.2 Å². The normalized spacial score (nSPS) is 19.5. The van der Waals surface area contributed by atoms with Gasteiger partial charge in [0.1, 0.15) is 5.75 Å². The Hall–Kier alpha value is -3.22. The number of piperidine rings is 1. The minimum atomic E-state index is -0.347. The third kappa shape index (κ3) is 4.77. The Morgan fingerprint density at radius 3 is 2.76 bits per heavy atom. The van der Waals surface area contributed by atoms with Crippen LogP contribution < -0.4 is 14.2 Å². The molecule has 1 fully saturated rings. The first kappa shape index (κ1) is 23.0. The molecule has 1 saturated heterocycles. The van der Waals surface area contributed by atoms with Crippen LogP contribution in [0, 0.1) is 5.92 Å². The van der Waals surface area contributed by atoms with E-state index in [1.165, 1.54) is 0 Å². The summed E-state index contributed by atoms with van der Waals surface area (Å²) < 4.78 is 16.5. The van der Waals surface area contributed by atoms with Crippen molar-refractivity contribution in [1.82, 2.24) is 9.80 Å². The van der Waals surface area contributed by atoms with Gasteiger partial charge in [-0.2, -0.15) is 0 Å². The fraction of sp³-hybridized carbons (Fsp3) is 0.462. The highest BCUT2D eigenvalue weighted by molar-refractivity contribution is 5.85. The predicted molar refractivity (Wildman–Crippen MR) is 124 cm³/mol. The van der Waals surface area contributed by atoms with Crippen molar-refractivity contribution in [3.05, 3.63) is 53.6 Å². The van der Waals surface area contributed by atoms with Crippen molar-refractivity contribution >= 4 is 11.8 Å². The lowest BCUT2D eigenvalue weighted by atomic mass is 9.82.